The summed E-state index contributed by atoms with van der Waals surface area (Å²) in [6.07, 6.45) is 0. The van der Waals surface area contributed by atoms with Crippen molar-refractivity contribution in [2.75, 3.05) is 0 Å². The van der Waals surface area contributed by atoms with Crippen molar-refractivity contribution < 1.29 is 4.39 Å². The highest BCUT2D eigenvalue weighted by atomic mass is 33.1. The van der Waals surface area contributed by atoms with Gasteiger partial charge in [-0.15, -0.1) is 11.7 Å². The van der Waals surface area contributed by atoms with Gasteiger partial charge in [-0.3, -0.25) is 0 Å². The highest BCUT2D eigenvalue weighted by Gasteiger charge is 2.04. The Balaban J connectivity index is 2.46. The smallest absolute Gasteiger partial charge is 0.132 e. The minimum atomic E-state index is -0.208. The van der Waals surface area contributed by atoms with E-state index in [0.717, 1.165) is 10.5 Å². The van der Waals surface area contributed by atoms with Crippen LogP contribution in [0.4, 0.5) is 4.39 Å². The van der Waals surface area contributed by atoms with Gasteiger partial charge in [0.15, 0.2) is 0 Å². The first-order chi connectivity index (χ1) is 7.31. The quantitative estimate of drug-likeness (QED) is 0.594. The van der Waals surface area contributed by atoms with Crippen LogP contribution in [0.15, 0.2) is 53.4 Å². The second-order valence-corrected chi connectivity index (χ2v) is 4.30. The van der Waals surface area contributed by atoms with Gasteiger partial charge in [-0.2, -0.15) is 0 Å². The molecule has 15 heavy (non-hydrogen) atoms. The van der Waals surface area contributed by atoms with Crippen LogP contribution in [0.25, 0.3) is 11.1 Å². The van der Waals surface area contributed by atoms with Crippen LogP contribution in [0.3, 0.4) is 0 Å². The van der Waals surface area contributed by atoms with E-state index in [2.05, 4.69) is 11.7 Å². The molecule has 76 valence electrons. The normalized spacial score (nSPS) is 10.3. The summed E-state index contributed by atoms with van der Waals surface area (Å²) in [5.41, 5.74) is 1.52. The van der Waals surface area contributed by atoms with Crippen LogP contribution in [0.1, 0.15) is 0 Å². The maximum absolute atomic E-state index is 13.7. The molecule has 2 aromatic rings. The van der Waals surface area contributed by atoms with Gasteiger partial charge < -0.3 is 0 Å². The van der Waals surface area contributed by atoms with Crippen molar-refractivity contribution in [3.63, 3.8) is 0 Å². The molecule has 0 aromatic heterocycles. The van der Waals surface area contributed by atoms with E-state index in [1.807, 2.05) is 36.4 Å². The molecule has 2 rings (SSSR count). The Morgan fingerprint density at radius 2 is 1.73 bits per heavy atom. The van der Waals surface area contributed by atoms with E-state index in [0.29, 0.717) is 5.56 Å². The fourth-order valence-corrected chi connectivity index (χ4v) is 2.03. The number of hydrogen-bond acceptors (Lipinski definition) is 2. The maximum Gasteiger partial charge on any atom is 0.132 e. The molecule has 0 unspecified atom stereocenters. The van der Waals surface area contributed by atoms with E-state index < -0.39 is 0 Å². The Bertz CT molecular complexity index is 454. The first-order valence-electron chi connectivity index (χ1n) is 4.47. The van der Waals surface area contributed by atoms with Gasteiger partial charge in [-0.05, 0) is 17.7 Å². The van der Waals surface area contributed by atoms with Gasteiger partial charge in [0.25, 0.3) is 0 Å². The Hall–Kier alpha value is -0.930. The Morgan fingerprint density at radius 1 is 1.00 bits per heavy atom. The number of halogens is 1. The highest BCUT2D eigenvalue weighted by Crippen LogP contribution is 2.28. The second kappa shape index (κ2) is 4.73. The summed E-state index contributed by atoms with van der Waals surface area (Å²) < 4.78 is 13.7. The third kappa shape index (κ3) is 2.36. The molecule has 0 fully saturated rings. The van der Waals surface area contributed by atoms with Crippen molar-refractivity contribution in [3.8, 4) is 11.1 Å². The van der Waals surface area contributed by atoms with Crippen LogP contribution >= 0.6 is 22.5 Å². The number of thiol groups is 1. The summed E-state index contributed by atoms with van der Waals surface area (Å²) in [5.74, 6) is -0.208. The maximum atomic E-state index is 13.7. The first-order valence-corrected chi connectivity index (χ1v) is 6.34. The largest absolute Gasteiger partial charge is 0.206 e. The van der Waals surface area contributed by atoms with Crippen LogP contribution in [0, 0.1) is 5.82 Å². The number of hydrogen-bond donors (Lipinski definition) is 1. The molecule has 0 aliphatic carbocycles. The summed E-state index contributed by atoms with van der Waals surface area (Å²) in [7, 11) is 1.24. The summed E-state index contributed by atoms with van der Waals surface area (Å²) in [4.78, 5) is 0.815. The minimum Gasteiger partial charge on any atom is -0.206 e. The van der Waals surface area contributed by atoms with Crippen molar-refractivity contribution in [1.82, 2.24) is 0 Å². The van der Waals surface area contributed by atoms with Gasteiger partial charge in [-0.1, -0.05) is 47.2 Å². The van der Waals surface area contributed by atoms with E-state index >= 15 is 0 Å². The SMILES string of the molecule is Fc1cc(SS)ccc1-c1ccccc1. The van der Waals surface area contributed by atoms with Crippen molar-refractivity contribution in [1.29, 1.82) is 0 Å². The van der Waals surface area contributed by atoms with Crippen molar-refractivity contribution in [2.45, 2.75) is 4.90 Å². The molecule has 0 atom stereocenters. The number of benzene rings is 2. The van der Waals surface area contributed by atoms with Crippen LogP contribution < -0.4 is 0 Å². The molecule has 3 heteroatoms. The zero-order valence-corrected chi connectivity index (χ0v) is 9.56. The lowest BCUT2D eigenvalue weighted by molar-refractivity contribution is 0.628. The van der Waals surface area contributed by atoms with Crippen molar-refractivity contribution in [2.24, 2.45) is 0 Å². The van der Waals surface area contributed by atoms with Crippen LogP contribution in [-0.4, -0.2) is 0 Å². The Morgan fingerprint density at radius 3 is 2.33 bits per heavy atom. The summed E-state index contributed by atoms with van der Waals surface area (Å²) in [6.45, 7) is 0. The van der Waals surface area contributed by atoms with E-state index in [9.17, 15) is 4.39 Å². The summed E-state index contributed by atoms with van der Waals surface area (Å²) in [5, 5.41) is 0. The van der Waals surface area contributed by atoms with Crippen LogP contribution in [-0.2, 0) is 0 Å². The summed E-state index contributed by atoms with van der Waals surface area (Å²) >= 11 is 4.03. The monoisotopic (exact) mass is 236 g/mol. The molecule has 0 amide bonds. The minimum absolute atomic E-state index is 0.208. The number of rotatable bonds is 2. The third-order valence-corrected chi connectivity index (χ3v) is 3.23. The zero-order chi connectivity index (χ0) is 10.7. The lowest BCUT2D eigenvalue weighted by Crippen LogP contribution is -1.84. The lowest BCUT2D eigenvalue weighted by atomic mass is 10.1. The first kappa shape index (κ1) is 10.6. The Kier molecular flexibility index (Phi) is 3.34. The van der Waals surface area contributed by atoms with Gasteiger partial charge in [0.05, 0.1) is 0 Å². The molecule has 0 bridgehead atoms. The molecule has 2 aromatic carbocycles. The zero-order valence-electron chi connectivity index (χ0n) is 7.85. The molecular formula is C12H9FS2. The van der Waals surface area contributed by atoms with E-state index in [1.165, 1.54) is 16.9 Å². The molecule has 0 aliphatic rings. The van der Waals surface area contributed by atoms with Crippen LogP contribution in [0.2, 0.25) is 0 Å². The predicted octanol–water partition coefficient (Wildman–Crippen LogP) is 4.43. The molecule has 0 nitrogen and oxygen atoms in total. The topological polar surface area (TPSA) is 0 Å². The molecule has 0 aliphatic heterocycles. The van der Waals surface area contributed by atoms with Gasteiger partial charge in [0.2, 0.25) is 0 Å². The fraction of sp³-hybridized carbons (Fsp3) is 0. The summed E-state index contributed by atoms with van der Waals surface area (Å²) in [6, 6.07) is 14.6. The van der Waals surface area contributed by atoms with Crippen molar-refractivity contribution >= 4 is 22.5 Å². The molecule has 0 saturated heterocycles. The molecule has 0 spiro atoms. The van der Waals surface area contributed by atoms with Gasteiger partial charge in [0.1, 0.15) is 5.82 Å². The van der Waals surface area contributed by atoms with Gasteiger partial charge >= 0.3 is 0 Å². The molecular weight excluding hydrogens is 227 g/mol. The van der Waals surface area contributed by atoms with Gasteiger partial charge in [-0.25, -0.2) is 4.39 Å². The van der Waals surface area contributed by atoms with E-state index in [1.54, 1.807) is 6.07 Å². The fourth-order valence-electron chi connectivity index (χ4n) is 1.40. The second-order valence-electron chi connectivity index (χ2n) is 3.10. The molecule has 0 N–H and O–H groups in total. The molecule has 0 saturated carbocycles. The lowest BCUT2D eigenvalue weighted by Gasteiger charge is -2.04. The average molecular weight is 236 g/mol. The van der Waals surface area contributed by atoms with Gasteiger partial charge in [0, 0.05) is 10.5 Å². The Labute approximate surface area is 97.3 Å². The molecule has 0 heterocycles. The standard InChI is InChI=1S/C12H9FS2/c13-12-8-10(15-14)6-7-11(12)9-4-2-1-3-5-9/h1-8,14H. The van der Waals surface area contributed by atoms with E-state index in [-0.39, 0.29) is 5.82 Å². The predicted molar refractivity (Wildman–Crippen MR) is 66.7 cm³/mol. The van der Waals surface area contributed by atoms with E-state index in [4.69, 9.17) is 0 Å². The highest BCUT2D eigenvalue weighted by molar-refractivity contribution is 8.68. The molecule has 0 radical (unpaired) electrons. The van der Waals surface area contributed by atoms with Crippen LogP contribution in [0.5, 0.6) is 0 Å². The average Bonchev–Trinajstić information content (AvgIpc) is 2.30. The third-order valence-electron chi connectivity index (χ3n) is 2.13. The van der Waals surface area contributed by atoms with Crippen molar-refractivity contribution in [3.05, 3.63) is 54.3 Å².